The number of nitrogens with zero attached hydrogens (tertiary/aromatic N) is 1. The second-order valence-electron chi connectivity index (χ2n) is 3.69. The van der Waals surface area contributed by atoms with Crippen molar-refractivity contribution in [2.75, 3.05) is 26.7 Å². The molecular weight excluding hydrogens is 172 g/mol. The van der Waals surface area contributed by atoms with Gasteiger partial charge in [0.05, 0.1) is 0 Å². The van der Waals surface area contributed by atoms with Crippen LogP contribution in [-0.4, -0.2) is 31.6 Å². The van der Waals surface area contributed by atoms with Crippen molar-refractivity contribution in [3.05, 3.63) is 36.0 Å². The molecule has 14 heavy (non-hydrogen) atoms. The molecule has 2 heteroatoms. The van der Waals surface area contributed by atoms with Crippen molar-refractivity contribution in [2.45, 2.75) is 12.8 Å². The lowest BCUT2D eigenvalue weighted by Gasteiger charge is -2.16. The molecule has 1 aliphatic rings. The molecule has 0 aromatic carbocycles. The summed E-state index contributed by atoms with van der Waals surface area (Å²) in [5.41, 5.74) is 6.84. The molecule has 0 aromatic heterocycles. The smallest absolute Gasteiger partial charge is 0.0230 e. The molecule has 0 saturated carbocycles. The molecule has 80 valence electrons. The van der Waals surface area contributed by atoms with Crippen LogP contribution in [0.2, 0.25) is 0 Å². The highest BCUT2D eigenvalue weighted by atomic mass is 15.1. The Labute approximate surface area is 88.3 Å². The maximum Gasteiger partial charge on any atom is 0.0230 e. The van der Waals surface area contributed by atoms with Crippen LogP contribution in [0.25, 0.3) is 0 Å². The molecule has 1 rings (SSSR count). The maximum absolute atomic E-state index is 5.47. The van der Waals surface area contributed by atoms with Gasteiger partial charge in [-0.2, -0.15) is 0 Å². The number of rotatable bonds is 5. The van der Waals surface area contributed by atoms with Crippen molar-refractivity contribution in [1.82, 2.24) is 4.90 Å². The highest BCUT2D eigenvalue weighted by Crippen LogP contribution is 2.05. The molecule has 0 aliphatic heterocycles. The van der Waals surface area contributed by atoms with Gasteiger partial charge in [0.25, 0.3) is 0 Å². The topological polar surface area (TPSA) is 29.3 Å². The normalized spacial score (nSPS) is 15.8. The molecule has 1 aliphatic carbocycles. The summed E-state index contributed by atoms with van der Waals surface area (Å²) in [5.74, 6) is 0. The third-order valence-electron chi connectivity index (χ3n) is 2.25. The highest BCUT2D eigenvalue weighted by Gasteiger charge is 1.99. The van der Waals surface area contributed by atoms with Gasteiger partial charge in [0.1, 0.15) is 0 Å². The van der Waals surface area contributed by atoms with E-state index < -0.39 is 0 Å². The number of hydrogen-bond acceptors (Lipinski definition) is 2. The zero-order chi connectivity index (χ0) is 10.2. The van der Waals surface area contributed by atoms with Crippen LogP contribution in [0.4, 0.5) is 0 Å². The average Bonchev–Trinajstić information content (AvgIpc) is 2.43. The van der Waals surface area contributed by atoms with E-state index in [9.17, 15) is 0 Å². The summed E-state index contributed by atoms with van der Waals surface area (Å²) in [6.07, 6.45) is 13.0. The number of likely N-dealkylation sites (N-methyl/N-ethyl adjacent to an activating group) is 1. The van der Waals surface area contributed by atoms with Gasteiger partial charge >= 0.3 is 0 Å². The number of nitrogens with two attached hydrogens (primary N) is 1. The van der Waals surface area contributed by atoms with Crippen LogP contribution in [-0.2, 0) is 0 Å². The Morgan fingerprint density at radius 3 is 3.14 bits per heavy atom. The molecule has 0 atom stereocenters. The molecule has 0 fully saturated rings. The van der Waals surface area contributed by atoms with Gasteiger partial charge in [-0.15, -0.1) is 0 Å². The van der Waals surface area contributed by atoms with E-state index >= 15 is 0 Å². The zero-order valence-corrected chi connectivity index (χ0v) is 8.95. The third kappa shape index (κ3) is 4.40. The number of allylic oxidation sites excluding steroid dienone is 4. The molecule has 0 unspecified atom stereocenters. The SMILES string of the molecule is CN(CCCN)CC1=CC=CCC=C1.[HH]. The van der Waals surface area contributed by atoms with Crippen LogP contribution >= 0.6 is 0 Å². The highest BCUT2D eigenvalue weighted by molar-refractivity contribution is 5.28. The first-order chi connectivity index (χ1) is 6.83. The Hall–Kier alpha value is -0.860. The average molecular weight is 194 g/mol. The van der Waals surface area contributed by atoms with Gasteiger partial charge in [0.2, 0.25) is 0 Å². The van der Waals surface area contributed by atoms with Gasteiger partial charge in [0.15, 0.2) is 0 Å². The first-order valence-electron chi connectivity index (χ1n) is 5.24. The summed E-state index contributed by atoms with van der Waals surface area (Å²) >= 11 is 0. The third-order valence-corrected chi connectivity index (χ3v) is 2.25. The van der Waals surface area contributed by atoms with Crippen molar-refractivity contribution in [3.8, 4) is 0 Å². The summed E-state index contributed by atoms with van der Waals surface area (Å²) < 4.78 is 0. The van der Waals surface area contributed by atoms with E-state index in [1.807, 2.05) is 0 Å². The second kappa shape index (κ2) is 6.57. The summed E-state index contributed by atoms with van der Waals surface area (Å²) in [6.45, 7) is 2.87. The van der Waals surface area contributed by atoms with Crippen LogP contribution in [0.3, 0.4) is 0 Å². The minimum atomic E-state index is 0. The van der Waals surface area contributed by atoms with Gasteiger partial charge in [-0.25, -0.2) is 0 Å². The standard InChI is InChI=1S/C12H20N2.H2/c1-14(10-6-9-13)11-12-7-4-2-3-5-8-12;/h2,4-5,7-8H,3,6,9-11,13H2,1H3;1H. The van der Waals surface area contributed by atoms with Gasteiger partial charge in [-0.3, -0.25) is 0 Å². The van der Waals surface area contributed by atoms with Crippen LogP contribution in [0.15, 0.2) is 36.0 Å². The molecule has 0 radical (unpaired) electrons. The molecule has 0 amide bonds. The summed E-state index contributed by atoms with van der Waals surface area (Å²) in [5, 5.41) is 0. The lowest BCUT2D eigenvalue weighted by Crippen LogP contribution is -2.23. The van der Waals surface area contributed by atoms with E-state index in [1.165, 1.54) is 5.57 Å². The molecule has 0 bridgehead atoms. The maximum atomic E-state index is 5.47. The predicted octanol–water partition coefficient (Wildman–Crippen LogP) is 1.96. The number of hydrogen-bond donors (Lipinski definition) is 1. The Kier molecular flexibility index (Phi) is 5.27. The van der Waals surface area contributed by atoms with Gasteiger partial charge in [0, 0.05) is 7.97 Å². The Bertz CT molecular complexity index is 244. The fourth-order valence-corrected chi connectivity index (χ4v) is 1.48. The van der Waals surface area contributed by atoms with Crippen molar-refractivity contribution in [1.29, 1.82) is 0 Å². The van der Waals surface area contributed by atoms with Gasteiger partial charge < -0.3 is 10.6 Å². The summed E-state index contributed by atoms with van der Waals surface area (Å²) in [4.78, 5) is 2.31. The van der Waals surface area contributed by atoms with Gasteiger partial charge in [-0.1, -0.05) is 30.4 Å². The fourth-order valence-electron chi connectivity index (χ4n) is 1.48. The molecule has 0 saturated heterocycles. The Morgan fingerprint density at radius 2 is 2.36 bits per heavy atom. The first-order valence-corrected chi connectivity index (χ1v) is 5.24. The Balaban J connectivity index is 0.00000196. The Morgan fingerprint density at radius 1 is 1.50 bits per heavy atom. The van der Waals surface area contributed by atoms with Crippen molar-refractivity contribution >= 4 is 0 Å². The second-order valence-corrected chi connectivity index (χ2v) is 3.69. The monoisotopic (exact) mass is 194 g/mol. The van der Waals surface area contributed by atoms with Crippen LogP contribution in [0, 0.1) is 0 Å². The summed E-state index contributed by atoms with van der Waals surface area (Å²) in [6, 6.07) is 0. The first kappa shape index (κ1) is 11.2. The van der Waals surface area contributed by atoms with Crippen LogP contribution in [0.1, 0.15) is 14.3 Å². The van der Waals surface area contributed by atoms with E-state index in [2.05, 4.69) is 42.3 Å². The van der Waals surface area contributed by atoms with E-state index in [0.717, 1.165) is 32.5 Å². The van der Waals surface area contributed by atoms with Crippen molar-refractivity contribution < 1.29 is 1.43 Å². The minimum Gasteiger partial charge on any atom is -0.330 e. The van der Waals surface area contributed by atoms with E-state index in [1.54, 1.807) is 0 Å². The van der Waals surface area contributed by atoms with Crippen molar-refractivity contribution in [3.63, 3.8) is 0 Å². The van der Waals surface area contributed by atoms with E-state index in [0.29, 0.717) is 0 Å². The minimum absolute atomic E-state index is 0. The largest absolute Gasteiger partial charge is 0.330 e. The zero-order valence-electron chi connectivity index (χ0n) is 8.95. The molecular formula is C12H22N2. The van der Waals surface area contributed by atoms with Crippen molar-refractivity contribution in [2.24, 2.45) is 5.73 Å². The molecule has 2 nitrogen and oxygen atoms in total. The predicted molar refractivity (Wildman–Crippen MR) is 64.3 cm³/mol. The van der Waals surface area contributed by atoms with Crippen LogP contribution < -0.4 is 5.73 Å². The molecule has 0 aromatic rings. The van der Waals surface area contributed by atoms with Gasteiger partial charge in [-0.05, 0) is 38.6 Å². The lowest BCUT2D eigenvalue weighted by atomic mass is 10.2. The molecule has 0 heterocycles. The molecule has 0 spiro atoms. The van der Waals surface area contributed by atoms with E-state index in [4.69, 9.17) is 5.73 Å². The quantitative estimate of drug-likeness (QED) is 0.725. The molecule has 2 N–H and O–H groups in total. The van der Waals surface area contributed by atoms with E-state index in [-0.39, 0.29) is 1.43 Å². The summed E-state index contributed by atoms with van der Waals surface area (Å²) in [7, 11) is 2.14. The lowest BCUT2D eigenvalue weighted by molar-refractivity contribution is 0.361. The van der Waals surface area contributed by atoms with Crippen LogP contribution in [0.5, 0.6) is 0 Å². The fraction of sp³-hybridized carbons (Fsp3) is 0.500.